The summed E-state index contributed by atoms with van der Waals surface area (Å²) in [7, 11) is 0. The van der Waals surface area contributed by atoms with Gasteiger partial charge in [0, 0.05) is 4.47 Å². The summed E-state index contributed by atoms with van der Waals surface area (Å²) in [6.45, 7) is 0. The highest BCUT2D eigenvalue weighted by Gasteiger charge is 2.07. The van der Waals surface area contributed by atoms with Crippen molar-refractivity contribution >= 4 is 26.8 Å². The van der Waals surface area contributed by atoms with Crippen LogP contribution in [0.5, 0.6) is 0 Å². The van der Waals surface area contributed by atoms with Gasteiger partial charge in [-0.1, -0.05) is 24.3 Å². The fourth-order valence-electron chi connectivity index (χ4n) is 1.90. The first-order chi connectivity index (χ1) is 8.77. The van der Waals surface area contributed by atoms with Gasteiger partial charge in [0.25, 0.3) is 5.56 Å². The van der Waals surface area contributed by atoms with Crippen LogP contribution >= 0.6 is 15.9 Å². The molecule has 0 aliphatic heterocycles. The number of fused-ring (bicyclic) bond motifs is 1. The third kappa shape index (κ3) is 1.75. The minimum Gasteiger partial charge on any atom is -0.268 e. The minimum atomic E-state index is -0.0707. The second-order valence-electron chi connectivity index (χ2n) is 3.89. The molecular weight excluding hydrogens is 292 g/mol. The van der Waals surface area contributed by atoms with Crippen molar-refractivity contribution in [3.8, 4) is 5.69 Å². The molecule has 1 aromatic heterocycles. The molecule has 3 nitrogen and oxygen atoms in total. The summed E-state index contributed by atoms with van der Waals surface area (Å²) in [5.41, 5.74) is 1.44. The molecule has 88 valence electrons. The van der Waals surface area contributed by atoms with Gasteiger partial charge in [0.05, 0.1) is 16.6 Å². The lowest BCUT2D eigenvalue weighted by Crippen LogP contribution is -2.19. The molecule has 4 heteroatoms. The summed E-state index contributed by atoms with van der Waals surface area (Å²) in [6.07, 6.45) is 1.56. The van der Waals surface area contributed by atoms with Crippen molar-refractivity contribution in [2.24, 2.45) is 0 Å². The summed E-state index contributed by atoms with van der Waals surface area (Å²) in [5, 5.41) is 0.601. The molecule has 18 heavy (non-hydrogen) atoms. The van der Waals surface area contributed by atoms with Crippen LogP contribution in [0.1, 0.15) is 0 Å². The summed E-state index contributed by atoms with van der Waals surface area (Å²) in [6, 6.07) is 15.0. The van der Waals surface area contributed by atoms with Crippen molar-refractivity contribution < 1.29 is 0 Å². The summed E-state index contributed by atoms with van der Waals surface area (Å²) < 4.78 is 2.32. The zero-order valence-corrected chi connectivity index (χ0v) is 11.0. The van der Waals surface area contributed by atoms with Crippen molar-refractivity contribution in [1.29, 1.82) is 0 Å². The van der Waals surface area contributed by atoms with Crippen LogP contribution in [0.15, 0.2) is 64.1 Å². The van der Waals surface area contributed by atoms with E-state index >= 15 is 0 Å². The standard InChI is InChI=1S/C14H9BrN2O/c15-11-7-4-8-12-13(11)14(18)17(9-16-12)10-5-2-1-3-6-10/h1-9H. The van der Waals surface area contributed by atoms with Gasteiger partial charge in [-0.15, -0.1) is 0 Å². The SMILES string of the molecule is O=c1c2c(Br)cccc2ncn1-c1ccccc1. The number of hydrogen-bond donors (Lipinski definition) is 0. The summed E-state index contributed by atoms with van der Waals surface area (Å²) in [5.74, 6) is 0. The second-order valence-corrected chi connectivity index (χ2v) is 4.74. The molecule has 0 N–H and O–H groups in total. The third-order valence-electron chi connectivity index (χ3n) is 2.77. The highest BCUT2D eigenvalue weighted by molar-refractivity contribution is 9.10. The molecule has 0 fully saturated rings. The second kappa shape index (κ2) is 4.38. The van der Waals surface area contributed by atoms with E-state index in [1.54, 1.807) is 10.9 Å². The lowest BCUT2D eigenvalue weighted by atomic mass is 10.2. The fourth-order valence-corrected chi connectivity index (χ4v) is 2.42. The van der Waals surface area contributed by atoms with E-state index in [1.807, 2.05) is 48.5 Å². The van der Waals surface area contributed by atoms with Crippen molar-refractivity contribution in [2.75, 3.05) is 0 Å². The molecule has 2 aromatic carbocycles. The molecule has 3 aromatic rings. The van der Waals surface area contributed by atoms with Gasteiger partial charge >= 0.3 is 0 Å². The van der Waals surface area contributed by atoms with E-state index in [9.17, 15) is 4.79 Å². The Morgan fingerprint density at radius 1 is 1.00 bits per heavy atom. The molecule has 0 saturated heterocycles. The quantitative estimate of drug-likeness (QED) is 0.692. The summed E-state index contributed by atoms with van der Waals surface area (Å²) in [4.78, 5) is 16.8. The first kappa shape index (κ1) is 11.2. The number of para-hydroxylation sites is 1. The molecule has 3 rings (SSSR count). The van der Waals surface area contributed by atoms with Gasteiger partial charge in [0.1, 0.15) is 6.33 Å². The van der Waals surface area contributed by atoms with E-state index in [1.165, 1.54) is 0 Å². The molecule has 0 aliphatic carbocycles. The Kier molecular flexibility index (Phi) is 2.72. The van der Waals surface area contributed by atoms with Crippen molar-refractivity contribution in [3.63, 3.8) is 0 Å². The van der Waals surface area contributed by atoms with Crippen LogP contribution in [-0.2, 0) is 0 Å². The minimum absolute atomic E-state index is 0.0707. The third-order valence-corrected chi connectivity index (χ3v) is 3.43. The van der Waals surface area contributed by atoms with Crippen molar-refractivity contribution in [2.45, 2.75) is 0 Å². The van der Waals surface area contributed by atoms with Gasteiger partial charge in [-0.3, -0.25) is 9.36 Å². The first-order valence-corrected chi connectivity index (χ1v) is 6.28. The zero-order chi connectivity index (χ0) is 12.5. The normalized spacial score (nSPS) is 10.7. The van der Waals surface area contributed by atoms with Gasteiger partial charge < -0.3 is 0 Å². The van der Waals surface area contributed by atoms with E-state index in [0.717, 1.165) is 10.2 Å². The number of nitrogens with zero attached hydrogens (tertiary/aromatic N) is 2. The Bertz CT molecular complexity index is 766. The Morgan fingerprint density at radius 3 is 2.56 bits per heavy atom. The number of halogens is 1. The first-order valence-electron chi connectivity index (χ1n) is 5.49. The lowest BCUT2D eigenvalue weighted by Gasteiger charge is -2.06. The fraction of sp³-hybridized carbons (Fsp3) is 0. The topological polar surface area (TPSA) is 34.9 Å². The molecule has 0 radical (unpaired) electrons. The Labute approximate surface area is 112 Å². The maximum absolute atomic E-state index is 12.4. The van der Waals surface area contributed by atoms with Gasteiger partial charge in [-0.05, 0) is 40.2 Å². The van der Waals surface area contributed by atoms with Crippen LogP contribution in [-0.4, -0.2) is 9.55 Å². The van der Waals surface area contributed by atoms with E-state index in [4.69, 9.17) is 0 Å². The average Bonchev–Trinajstić information content (AvgIpc) is 2.40. The Morgan fingerprint density at radius 2 is 1.78 bits per heavy atom. The molecule has 0 spiro atoms. The van der Waals surface area contributed by atoms with Gasteiger partial charge in [-0.2, -0.15) is 0 Å². The number of rotatable bonds is 1. The highest BCUT2D eigenvalue weighted by Crippen LogP contribution is 2.19. The molecule has 0 unspecified atom stereocenters. The predicted octanol–water partition coefficient (Wildman–Crippen LogP) is 3.15. The maximum Gasteiger partial charge on any atom is 0.266 e. The number of benzene rings is 2. The lowest BCUT2D eigenvalue weighted by molar-refractivity contribution is 0.962. The zero-order valence-electron chi connectivity index (χ0n) is 9.38. The Hall–Kier alpha value is -1.94. The van der Waals surface area contributed by atoms with Crippen LogP contribution in [0.2, 0.25) is 0 Å². The largest absolute Gasteiger partial charge is 0.268 e. The maximum atomic E-state index is 12.4. The van der Waals surface area contributed by atoms with Crippen LogP contribution in [0.25, 0.3) is 16.6 Å². The number of aromatic nitrogens is 2. The molecule has 0 atom stereocenters. The highest BCUT2D eigenvalue weighted by atomic mass is 79.9. The van der Waals surface area contributed by atoms with E-state index in [0.29, 0.717) is 10.9 Å². The van der Waals surface area contributed by atoms with E-state index < -0.39 is 0 Å². The molecule has 0 amide bonds. The average molecular weight is 301 g/mol. The Balaban J connectivity index is 2.37. The van der Waals surface area contributed by atoms with Crippen molar-refractivity contribution in [1.82, 2.24) is 9.55 Å². The van der Waals surface area contributed by atoms with Gasteiger partial charge in [-0.25, -0.2) is 4.98 Å². The van der Waals surface area contributed by atoms with E-state index in [2.05, 4.69) is 20.9 Å². The van der Waals surface area contributed by atoms with Crippen LogP contribution in [0.4, 0.5) is 0 Å². The van der Waals surface area contributed by atoms with Crippen LogP contribution in [0, 0.1) is 0 Å². The molecule has 0 aliphatic rings. The van der Waals surface area contributed by atoms with E-state index in [-0.39, 0.29) is 5.56 Å². The van der Waals surface area contributed by atoms with Crippen LogP contribution < -0.4 is 5.56 Å². The van der Waals surface area contributed by atoms with Gasteiger partial charge in [0.15, 0.2) is 0 Å². The van der Waals surface area contributed by atoms with Crippen molar-refractivity contribution in [3.05, 3.63) is 69.7 Å². The van der Waals surface area contributed by atoms with Gasteiger partial charge in [0.2, 0.25) is 0 Å². The number of hydrogen-bond acceptors (Lipinski definition) is 2. The molecule has 0 bridgehead atoms. The molecular formula is C14H9BrN2O. The predicted molar refractivity (Wildman–Crippen MR) is 75.0 cm³/mol. The molecule has 1 heterocycles. The van der Waals surface area contributed by atoms with Crippen LogP contribution in [0.3, 0.4) is 0 Å². The molecule has 0 saturated carbocycles. The smallest absolute Gasteiger partial charge is 0.266 e. The summed E-state index contributed by atoms with van der Waals surface area (Å²) >= 11 is 3.40. The monoisotopic (exact) mass is 300 g/mol.